The number of aliphatic carboxylic acids is 1. The molecular formula is C26H35NO3. The SMILES string of the molecule is CCCCc1ccc(C(OC2CCN(CCCC(=O)O)CC2)c2ccccc2)cc1. The third-order valence-corrected chi connectivity index (χ3v) is 5.93. The number of hydrogen-bond acceptors (Lipinski definition) is 3. The minimum absolute atomic E-state index is 0.0463. The Morgan fingerprint density at radius 2 is 1.70 bits per heavy atom. The third kappa shape index (κ3) is 6.96. The van der Waals surface area contributed by atoms with E-state index in [0.717, 1.165) is 45.3 Å². The molecule has 30 heavy (non-hydrogen) atoms. The zero-order valence-corrected chi connectivity index (χ0v) is 18.1. The second kappa shape index (κ2) is 11.9. The number of unbranched alkanes of at least 4 members (excludes halogenated alkanes) is 1. The van der Waals surface area contributed by atoms with Gasteiger partial charge in [-0.05, 0) is 55.3 Å². The molecule has 1 unspecified atom stereocenters. The normalized spacial score (nSPS) is 16.4. The number of likely N-dealkylation sites (tertiary alicyclic amines) is 1. The molecule has 1 heterocycles. The van der Waals surface area contributed by atoms with Gasteiger partial charge in [-0.2, -0.15) is 0 Å². The van der Waals surface area contributed by atoms with Crippen LogP contribution in [0.15, 0.2) is 54.6 Å². The lowest BCUT2D eigenvalue weighted by Crippen LogP contribution is -2.38. The lowest BCUT2D eigenvalue weighted by Gasteiger charge is -2.34. The van der Waals surface area contributed by atoms with Crippen molar-refractivity contribution in [2.45, 2.75) is 64.1 Å². The Bertz CT molecular complexity index is 752. The number of aryl methyl sites for hydroxylation is 1. The van der Waals surface area contributed by atoms with E-state index in [9.17, 15) is 4.79 Å². The Hall–Kier alpha value is -2.17. The maximum atomic E-state index is 10.7. The molecule has 1 aliphatic heterocycles. The number of carboxylic acids is 1. The quantitative estimate of drug-likeness (QED) is 0.535. The highest BCUT2D eigenvalue weighted by atomic mass is 16.5. The fraction of sp³-hybridized carbons (Fsp3) is 0.500. The summed E-state index contributed by atoms with van der Waals surface area (Å²) in [5.41, 5.74) is 3.80. The van der Waals surface area contributed by atoms with Crippen molar-refractivity contribution in [3.05, 3.63) is 71.3 Å². The van der Waals surface area contributed by atoms with Crippen LogP contribution in [0.3, 0.4) is 0 Å². The number of rotatable bonds is 11. The van der Waals surface area contributed by atoms with E-state index in [0.29, 0.717) is 0 Å². The van der Waals surface area contributed by atoms with Crippen LogP contribution in [-0.4, -0.2) is 41.7 Å². The zero-order valence-electron chi connectivity index (χ0n) is 18.1. The number of ether oxygens (including phenoxy) is 1. The molecule has 1 atom stereocenters. The lowest BCUT2D eigenvalue weighted by atomic mass is 9.98. The van der Waals surface area contributed by atoms with Gasteiger partial charge in [-0.25, -0.2) is 0 Å². The Kier molecular flexibility index (Phi) is 8.91. The summed E-state index contributed by atoms with van der Waals surface area (Å²) in [4.78, 5) is 13.1. The van der Waals surface area contributed by atoms with Crippen LogP contribution < -0.4 is 0 Å². The summed E-state index contributed by atoms with van der Waals surface area (Å²) in [5, 5.41) is 8.82. The molecule has 2 aromatic rings. The minimum Gasteiger partial charge on any atom is -0.481 e. The van der Waals surface area contributed by atoms with Crippen molar-refractivity contribution in [3.63, 3.8) is 0 Å². The van der Waals surface area contributed by atoms with Gasteiger partial charge in [0.15, 0.2) is 0 Å². The summed E-state index contributed by atoms with van der Waals surface area (Å²) in [6.07, 6.45) is 6.71. The average Bonchev–Trinajstić information content (AvgIpc) is 2.78. The summed E-state index contributed by atoms with van der Waals surface area (Å²) < 4.78 is 6.65. The topological polar surface area (TPSA) is 49.8 Å². The van der Waals surface area contributed by atoms with E-state index < -0.39 is 5.97 Å². The van der Waals surface area contributed by atoms with Gasteiger partial charge >= 0.3 is 5.97 Å². The third-order valence-electron chi connectivity index (χ3n) is 5.93. The number of nitrogens with zero attached hydrogens (tertiary/aromatic N) is 1. The monoisotopic (exact) mass is 409 g/mol. The van der Waals surface area contributed by atoms with Gasteiger partial charge in [0.1, 0.15) is 6.10 Å². The Morgan fingerprint density at radius 1 is 1.03 bits per heavy atom. The Balaban J connectivity index is 1.61. The summed E-state index contributed by atoms with van der Waals surface area (Å²) in [6.45, 7) is 5.04. The molecule has 1 N–H and O–H groups in total. The van der Waals surface area contributed by atoms with E-state index in [2.05, 4.69) is 60.4 Å². The maximum Gasteiger partial charge on any atom is 0.303 e. The molecule has 1 fully saturated rings. The second-order valence-electron chi connectivity index (χ2n) is 8.31. The number of carbonyl (C=O) groups is 1. The molecule has 0 bridgehead atoms. The van der Waals surface area contributed by atoms with E-state index in [1.165, 1.54) is 29.5 Å². The summed E-state index contributed by atoms with van der Waals surface area (Å²) >= 11 is 0. The van der Waals surface area contributed by atoms with Crippen molar-refractivity contribution in [3.8, 4) is 0 Å². The van der Waals surface area contributed by atoms with E-state index in [-0.39, 0.29) is 18.6 Å². The Morgan fingerprint density at radius 3 is 2.33 bits per heavy atom. The molecule has 4 heteroatoms. The first kappa shape index (κ1) is 22.5. The van der Waals surface area contributed by atoms with Gasteiger partial charge in [-0.15, -0.1) is 0 Å². The second-order valence-corrected chi connectivity index (χ2v) is 8.31. The average molecular weight is 410 g/mol. The van der Waals surface area contributed by atoms with Crippen LogP contribution >= 0.6 is 0 Å². The standard InChI is InChI=1S/C26H35NO3/c1-2-3-8-21-12-14-23(15-13-21)26(22-9-5-4-6-10-22)30-24-16-19-27(20-17-24)18-7-11-25(28)29/h4-6,9-10,12-15,24,26H,2-3,7-8,11,16-20H2,1H3,(H,28,29). The molecule has 162 valence electrons. The van der Waals surface area contributed by atoms with Crippen molar-refractivity contribution < 1.29 is 14.6 Å². The molecule has 0 amide bonds. The molecule has 0 spiro atoms. The molecule has 0 aromatic heterocycles. The fourth-order valence-electron chi connectivity index (χ4n) is 4.13. The first-order valence-corrected chi connectivity index (χ1v) is 11.4. The maximum absolute atomic E-state index is 10.7. The van der Waals surface area contributed by atoms with Gasteiger partial charge in [0.05, 0.1) is 6.10 Å². The predicted octanol–water partition coefficient (Wildman–Crippen LogP) is 5.46. The first-order chi connectivity index (χ1) is 14.7. The summed E-state index contributed by atoms with van der Waals surface area (Å²) in [7, 11) is 0. The van der Waals surface area contributed by atoms with Crippen LogP contribution in [0.4, 0.5) is 0 Å². The molecule has 2 aromatic carbocycles. The zero-order chi connectivity index (χ0) is 21.2. The highest BCUT2D eigenvalue weighted by molar-refractivity contribution is 5.66. The van der Waals surface area contributed by atoms with E-state index in [1.54, 1.807) is 0 Å². The minimum atomic E-state index is -0.709. The van der Waals surface area contributed by atoms with Gasteiger partial charge in [-0.1, -0.05) is 67.9 Å². The van der Waals surface area contributed by atoms with Crippen LogP contribution in [0.1, 0.15) is 68.2 Å². The van der Waals surface area contributed by atoms with Gasteiger partial charge < -0.3 is 14.7 Å². The smallest absolute Gasteiger partial charge is 0.303 e. The molecule has 1 aliphatic rings. The van der Waals surface area contributed by atoms with Crippen molar-refractivity contribution in [2.75, 3.05) is 19.6 Å². The van der Waals surface area contributed by atoms with E-state index in [1.807, 2.05) is 6.07 Å². The molecule has 1 saturated heterocycles. The molecule has 4 nitrogen and oxygen atoms in total. The van der Waals surface area contributed by atoms with Crippen molar-refractivity contribution in [2.24, 2.45) is 0 Å². The largest absolute Gasteiger partial charge is 0.481 e. The van der Waals surface area contributed by atoms with Crippen LogP contribution in [0, 0.1) is 0 Å². The molecule has 0 saturated carbocycles. The molecule has 0 aliphatic carbocycles. The van der Waals surface area contributed by atoms with Crippen molar-refractivity contribution in [1.29, 1.82) is 0 Å². The highest BCUT2D eigenvalue weighted by Crippen LogP contribution is 2.30. The van der Waals surface area contributed by atoms with Gasteiger partial charge in [0.25, 0.3) is 0 Å². The summed E-state index contributed by atoms with van der Waals surface area (Å²) in [6, 6.07) is 19.4. The summed E-state index contributed by atoms with van der Waals surface area (Å²) in [5.74, 6) is -0.709. The van der Waals surface area contributed by atoms with Gasteiger partial charge in [0.2, 0.25) is 0 Å². The highest BCUT2D eigenvalue weighted by Gasteiger charge is 2.24. The van der Waals surface area contributed by atoms with Crippen molar-refractivity contribution >= 4 is 5.97 Å². The fourth-order valence-corrected chi connectivity index (χ4v) is 4.13. The number of carboxylic acid groups (broad SMARTS) is 1. The van der Waals surface area contributed by atoms with Crippen molar-refractivity contribution in [1.82, 2.24) is 4.90 Å². The van der Waals surface area contributed by atoms with E-state index >= 15 is 0 Å². The van der Waals surface area contributed by atoms with Crippen LogP contribution in [0.2, 0.25) is 0 Å². The van der Waals surface area contributed by atoms with E-state index in [4.69, 9.17) is 9.84 Å². The van der Waals surface area contributed by atoms with Crippen LogP contribution in [-0.2, 0) is 16.0 Å². The Labute approximate surface area is 180 Å². The number of piperidine rings is 1. The first-order valence-electron chi connectivity index (χ1n) is 11.4. The lowest BCUT2D eigenvalue weighted by molar-refractivity contribution is -0.137. The molecule has 3 rings (SSSR count). The molecular weight excluding hydrogens is 374 g/mol. The number of benzene rings is 2. The number of hydrogen-bond donors (Lipinski definition) is 1. The van der Waals surface area contributed by atoms with Gasteiger partial charge in [0, 0.05) is 19.5 Å². The van der Waals surface area contributed by atoms with Crippen LogP contribution in [0.5, 0.6) is 0 Å². The molecule has 0 radical (unpaired) electrons. The predicted molar refractivity (Wildman–Crippen MR) is 121 cm³/mol. The van der Waals surface area contributed by atoms with Gasteiger partial charge in [-0.3, -0.25) is 4.79 Å². The van der Waals surface area contributed by atoms with Crippen LogP contribution in [0.25, 0.3) is 0 Å².